The Morgan fingerprint density at radius 3 is 2.34 bits per heavy atom. The highest BCUT2D eigenvalue weighted by atomic mass is 32.2. The van der Waals surface area contributed by atoms with Crippen LogP contribution in [0.2, 0.25) is 0 Å². The van der Waals surface area contributed by atoms with Crippen LogP contribution in [0.3, 0.4) is 0 Å². The summed E-state index contributed by atoms with van der Waals surface area (Å²) >= 11 is 0. The van der Waals surface area contributed by atoms with Crippen LogP contribution >= 0.6 is 0 Å². The van der Waals surface area contributed by atoms with Gasteiger partial charge < -0.3 is 5.32 Å². The summed E-state index contributed by atoms with van der Waals surface area (Å²) < 4.78 is 27.4. The molecule has 0 saturated heterocycles. The van der Waals surface area contributed by atoms with E-state index in [1.807, 2.05) is 32.0 Å². The molecule has 0 atom stereocenters. The van der Waals surface area contributed by atoms with Crippen LogP contribution in [0.1, 0.15) is 11.3 Å². The number of hydrogen-bond acceptors (Lipinski definition) is 6. The quantitative estimate of drug-likeness (QED) is 0.517. The van der Waals surface area contributed by atoms with Gasteiger partial charge in [-0.2, -0.15) is 0 Å². The van der Waals surface area contributed by atoms with Crippen LogP contribution < -0.4 is 10.0 Å². The van der Waals surface area contributed by atoms with Gasteiger partial charge in [-0.05, 0) is 62.4 Å². The van der Waals surface area contributed by atoms with Gasteiger partial charge in [-0.15, -0.1) is 0 Å². The molecule has 0 radical (unpaired) electrons. The summed E-state index contributed by atoms with van der Waals surface area (Å²) in [6.07, 6.45) is 2.95. The second-order valence-electron chi connectivity index (χ2n) is 6.66. The van der Waals surface area contributed by atoms with E-state index in [0.29, 0.717) is 0 Å². The second kappa shape index (κ2) is 7.48. The van der Waals surface area contributed by atoms with E-state index < -0.39 is 10.0 Å². The molecule has 0 amide bonds. The van der Waals surface area contributed by atoms with Crippen molar-refractivity contribution in [1.82, 2.24) is 15.0 Å². The number of aryl methyl sites for hydroxylation is 2. The minimum absolute atomic E-state index is 0.0313. The number of anilines is 3. The molecule has 0 saturated carbocycles. The van der Waals surface area contributed by atoms with Crippen molar-refractivity contribution in [3.05, 3.63) is 78.2 Å². The molecular weight excluding hydrogens is 386 g/mol. The van der Waals surface area contributed by atoms with Gasteiger partial charge in [-0.25, -0.2) is 23.1 Å². The summed E-state index contributed by atoms with van der Waals surface area (Å²) in [5.74, 6) is 0.0313. The Kier molecular flexibility index (Phi) is 4.85. The predicted octanol–water partition coefficient (Wildman–Crippen LogP) is 4.19. The summed E-state index contributed by atoms with van der Waals surface area (Å²) in [6.45, 7) is 3.98. The number of sulfonamides is 1. The van der Waals surface area contributed by atoms with Gasteiger partial charge in [0.1, 0.15) is 0 Å². The predicted molar refractivity (Wildman–Crippen MR) is 114 cm³/mol. The maximum Gasteiger partial charge on any atom is 0.264 e. The number of benzene rings is 2. The Morgan fingerprint density at radius 2 is 1.62 bits per heavy atom. The normalized spacial score (nSPS) is 11.4. The minimum atomic E-state index is -3.76. The van der Waals surface area contributed by atoms with Crippen LogP contribution in [0, 0.1) is 13.8 Å². The molecule has 2 N–H and O–H groups in total. The molecule has 2 heterocycles. The molecule has 0 unspecified atom stereocenters. The van der Waals surface area contributed by atoms with Crippen molar-refractivity contribution in [2.24, 2.45) is 0 Å². The van der Waals surface area contributed by atoms with E-state index >= 15 is 0 Å². The molecule has 8 heteroatoms. The van der Waals surface area contributed by atoms with Crippen LogP contribution in [0.25, 0.3) is 10.9 Å². The topological polar surface area (TPSA) is 96.9 Å². The molecular formula is C21H19N5O2S. The van der Waals surface area contributed by atoms with Gasteiger partial charge in [0.15, 0.2) is 0 Å². The summed E-state index contributed by atoms with van der Waals surface area (Å²) in [5, 5.41) is 4.37. The first-order valence-electron chi connectivity index (χ1n) is 8.96. The molecule has 0 bridgehead atoms. The highest BCUT2D eigenvalue weighted by Gasteiger charge is 2.15. The number of hydrogen-bond donors (Lipinski definition) is 2. The van der Waals surface area contributed by atoms with E-state index in [1.54, 1.807) is 18.2 Å². The summed E-state index contributed by atoms with van der Waals surface area (Å²) in [5.41, 5.74) is 4.64. The second-order valence-corrected chi connectivity index (χ2v) is 8.34. The Morgan fingerprint density at radius 1 is 0.897 bits per heavy atom. The highest BCUT2D eigenvalue weighted by Crippen LogP contribution is 2.28. The van der Waals surface area contributed by atoms with Gasteiger partial charge in [-0.1, -0.05) is 11.6 Å². The summed E-state index contributed by atoms with van der Waals surface area (Å²) in [7, 11) is -3.76. The molecule has 2 aromatic carbocycles. The lowest BCUT2D eigenvalue weighted by Crippen LogP contribution is -2.14. The summed E-state index contributed by atoms with van der Waals surface area (Å²) in [4.78, 5) is 12.5. The van der Waals surface area contributed by atoms with E-state index in [9.17, 15) is 8.42 Å². The Bertz CT molecular complexity index is 1270. The Labute approximate surface area is 168 Å². The van der Waals surface area contributed by atoms with Crippen molar-refractivity contribution in [3.8, 4) is 0 Å². The van der Waals surface area contributed by atoms with E-state index in [4.69, 9.17) is 0 Å². The first-order chi connectivity index (χ1) is 13.9. The standard InChI is InChI=1S/C21H19N5O2S/c1-14-4-9-19-18(12-14)20(13-15(2)24-19)25-16-5-7-17(8-6-16)29(27,28)26-21-22-10-3-11-23-21/h3-13H,1-2H3,(H,24,25)(H,22,23,26). The van der Waals surface area contributed by atoms with Gasteiger partial charge in [0.2, 0.25) is 5.95 Å². The highest BCUT2D eigenvalue weighted by molar-refractivity contribution is 7.92. The molecule has 2 aromatic heterocycles. The zero-order chi connectivity index (χ0) is 20.4. The van der Waals surface area contributed by atoms with Crippen molar-refractivity contribution in [2.45, 2.75) is 18.7 Å². The van der Waals surface area contributed by atoms with Crippen molar-refractivity contribution in [2.75, 3.05) is 10.0 Å². The average molecular weight is 405 g/mol. The molecule has 0 fully saturated rings. The van der Waals surface area contributed by atoms with Crippen LogP contribution in [0.5, 0.6) is 0 Å². The molecule has 0 aliphatic heterocycles. The Hall–Kier alpha value is -3.52. The van der Waals surface area contributed by atoms with Crippen molar-refractivity contribution >= 4 is 38.2 Å². The molecule has 29 heavy (non-hydrogen) atoms. The van der Waals surface area contributed by atoms with E-state index in [2.05, 4.69) is 31.1 Å². The average Bonchev–Trinajstić information content (AvgIpc) is 2.69. The molecule has 146 valence electrons. The zero-order valence-electron chi connectivity index (χ0n) is 15.9. The van der Waals surface area contributed by atoms with Gasteiger partial charge in [0.25, 0.3) is 10.0 Å². The molecule has 4 rings (SSSR count). The fourth-order valence-electron chi connectivity index (χ4n) is 2.98. The number of fused-ring (bicyclic) bond motifs is 1. The Balaban J connectivity index is 1.61. The SMILES string of the molecule is Cc1ccc2nc(C)cc(Nc3ccc(S(=O)(=O)Nc4ncccn4)cc3)c2c1. The number of nitrogens with zero attached hydrogens (tertiary/aromatic N) is 3. The van der Waals surface area contributed by atoms with Gasteiger partial charge in [0.05, 0.1) is 10.4 Å². The molecule has 0 spiro atoms. The smallest absolute Gasteiger partial charge is 0.264 e. The van der Waals surface area contributed by atoms with Crippen LogP contribution in [-0.2, 0) is 10.0 Å². The third-order valence-electron chi connectivity index (χ3n) is 4.33. The van der Waals surface area contributed by atoms with E-state index in [0.717, 1.165) is 33.5 Å². The maximum atomic E-state index is 12.5. The number of pyridine rings is 1. The van der Waals surface area contributed by atoms with Gasteiger partial charge >= 0.3 is 0 Å². The summed E-state index contributed by atoms with van der Waals surface area (Å²) in [6, 6.07) is 16.2. The van der Waals surface area contributed by atoms with Crippen molar-refractivity contribution < 1.29 is 8.42 Å². The number of aromatic nitrogens is 3. The monoisotopic (exact) mass is 405 g/mol. The number of rotatable bonds is 5. The number of nitrogens with one attached hydrogen (secondary N) is 2. The zero-order valence-corrected chi connectivity index (χ0v) is 16.7. The third-order valence-corrected chi connectivity index (χ3v) is 5.67. The van der Waals surface area contributed by atoms with Gasteiger partial charge in [0, 0.05) is 34.8 Å². The third kappa shape index (κ3) is 4.17. The lowest BCUT2D eigenvalue weighted by Gasteiger charge is -2.12. The molecule has 4 aromatic rings. The van der Waals surface area contributed by atoms with Crippen LogP contribution in [-0.4, -0.2) is 23.4 Å². The lowest BCUT2D eigenvalue weighted by molar-refractivity contribution is 0.601. The van der Waals surface area contributed by atoms with Gasteiger partial charge in [-0.3, -0.25) is 4.98 Å². The molecule has 0 aliphatic rings. The minimum Gasteiger partial charge on any atom is -0.355 e. The fourth-order valence-corrected chi connectivity index (χ4v) is 3.94. The van der Waals surface area contributed by atoms with E-state index in [1.165, 1.54) is 24.5 Å². The van der Waals surface area contributed by atoms with Crippen molar-refractivity contribution in [3.63, 3.8) is 0 Å². The molecule has 7 nitrogen and oxygen atoms in total. The first kappa shape index (κ1) is 18.8. The van der Waals surface area contributed by atoms with Crippen LogP contribution in [0.4, 0.5) is 17.3 Å². The largest absolute Gasteiger partial charge is 0.355 e. The lowest BCUT2D eigenvalue weighted by atomic mass is 10.1. The van der Waals surface area contributed by atoms with E-state index in [-0.39, 0.29) is 10.8 Å². The molecule has 0 aliphatic carbocycles. The maximum absolute atomic E-state index is 12.5. The fraction of sp³-hybridized carbons (Fsp3) is 0.0952. The van der Waals surface area contributed by atoms with Crippen molar-refractivity contribution in [1.29, 1.82) is 0 Å². The first-order valence-corrected chi connectivity index (χ1v) is 10.4. The van der Waals surface area contributed by atoms with Crippen LogP contribution in [0.15, 0.2) is 71.9 Å².